The molecule has 1 aromatic rings. The van der Waals surface area contributed by atoms with Gasteiger partial charge in [-0.15, -0.1) is 0 Å². The minimum absolute atomic E-state index is 0.0488. The zero-order valence-electron chi connectivity index (χ0n) is 11.4. The number of hydrogen-bond acceptors (Lipinski definition) is 4. The van der Waals surface area contributed by atoms with Crippen molar-refractivity contribution in [2.75, 3.05) is 20.1 Å². The molecule has 0 heterocycles. The first-order chi connectivity index (χ1) is 9.27. The van der Waals surface area contributed by atoms with Crippen LogP contribution in [0.15, 0.2) is 21.5 Å². The van der Waals surface area contributed by atoms with Crippen LogP contribution in [0.2, 0.25) is 0 Å². The van der Waals surface area contributed by atoms with Crippen molar-refractivity contribution < 1.29 is 13.2 Å². The van der Waals surface area contributed by atoms with E-state index in [4.69, 9.17) is 5.14 Å². The second-order valence-electron chi connectivity index (χ2n) is 4.33. The van der Waals surface area contributed by atoms with Gasteiger partial charge >= 0.3 is 0 Å². The molecule has 0 saturated carbocycles. The summed E-state index contributed by atoms with van der Waals surface area (Å²) in [5.41, 5.74) is 0.648. The predicted molar refractivity (Wildman–Crippen MR) is 81.1 cm³/mol. The molecule has 0 aromatic heterocycles. The molecule has 0 aliphatic carbocycles. The highest BCUT2D eigenvalue weighted by Crippen LogP contribution is 2.23. The van der Waals surface area contributed by atoms with Crippen LogP contribution in [0.3, 0.4) is 0 Å². The van der Waals surface area contributed by atoms with Crippen LogP contribution in [-0.4, -0.2) is 34.5 Å². The maximum Gasteiger partial charge on any atom is 0.251 e. The number of hydrogen-bond donors (Lipinski definition) is 3. The molecule has 0 aliphatic rings. The van der Waals surface area contributed by atoms with Gasteiger partial charge in [0.05, 0.1) is 4.90 Å². The Hall–Kier alpha value is -0.960. The number of carbonyl (C=O) groups excluding carboxylic acids is 1. The molecule has 112 valence electrons. The summed E-state index contributed by atoms with van der Waals surface area (Å²) in [6.07, 6.45) is 0.789. The average Bonchev–Trinajstić information content (AvgIpc) is 2.35. The second kappa shape index (κ2) is 7.16. The van der Waals surface area contributed by atoms with E-state index >= 15 is 0 Å². The molecule has 0 saturated heterocycles. The third-order valence-electron chi connectivity index (χ3n) is 2.77. The van der Waals surface area contributed by atoms with Gasteiger partial charge in [0.1, 0.15) is 0 Å². The van der Waals surface area contributed by atoms with Crippen LogP contribution in [0, 0.1) is 6.92 Å². The molecule has 1 amide bonds. The largest absolute Gasteiger partial charge is 0.352 e. The highest BCUT2D eigenvalue weighted by atomic mass is 79.9. The first-order valence-electron chi connectivity index (χ1n) is 6.03. The van der Waals surface area contributed by atoms with Crippen LogP contribution in [0.25, 0.3) is 0 Å². The smallest absolute Gasteiger partial charge is 0.251 e. The lowest BCUT2D eigenvalue weighted by Gasteiger charge is -2.11. The Labute approximate surface area is 127 Å². The highest BCUT2D eigenvalue weighted by molar-refractivity contribution is 9.10. The van der Waals surface area contributed by atoms with E-state index in [2.05, 4.69) is 26.6 Å². The molecule has 0 fully saturated rings. The van der Waals surface area contributed by atoms with Gasteiger partial charge in [0.25, 0.3) is 5.91 Å². The van der Waals surface area contributed by atoms with E-state index in [0.29, 0.717) is 22.1 Å². The fourth-order valence-electron chi connectivity index (χ4n) is 1.75. The molecule has 0 radical (unpaired) electrons. The minimum atomic E-state index is -3.86. The third-order valence-corrected chi connectivity index (χ3v) is 4.26. The number of benzene rings is 1. The number of halogens is 1. The Morgan fingerprint density at radius 1 is 1.35 bits per heavy atom. The zero-order chi connectivity index (χ0) is 15.3. The lowest BCUT2D eigenvalue weighted by molar-refractivity contribution is 0.0952. The topological polar surface area (TPSA) is 101 Å². The van der Waals surface area contributed by atoms with Crippen molar-refractivity contribution in [1.29, 1.82) is 0 Å². The van der Waals surface area contributed by atoms with Gasteiger partial charge < -0.3 is 10.6 Å². The normalized spacial score (nSPS) is 11.4. The summed E-state index contributed by atoms with van der Waals surface area (Å²) in [6, 6.07) is 2.97. The van der Waals surface area contributed by atoms with Crippen molar-refractivity contribution in [2.45, 2.75) is 18.2 Å². The monoisotopic (exact) mass is 363 g/mol. The lowest BCUT2D eigenvalue weighted by atomic mass is 10.1. The Morgan fingerprint density at radius 2 is 2.00 bits per heavy atom. The fourth-order valence-corrected chi connectivity index (χ4v) is 3.19. The van der Waals surface area contributed by atoms with E-state index < -0.39 is 10.0 Å². The van der Waals surface area contributed by atoms with Crippen LogP contribution in [0.1, 0.15) is 22.3 Å². The Morgan fingerprint density at radius 3 is 2.55 bits per heavy atom. The van der Waals surface area contributed by atoms with Crippen LogP contribution < -0.4 is 15.8 Å². The predicted octanol–water partition coefficient (Wildman–Crippen LogP) is 0.744. The maximum absolute atomic E-state index is 12.1. The van der Waals surface area contributed by atoms with E-state index in [1.807, 2.05) is 7.05 Å². The molecule has 0 bridgehead atoms. The summed E-state index contributed by atoms with van der Waals surface area (Å²) in [4.78, 5) is 12.0. The molecule has 0 aliphatic heterocycles. The Balaban J connectivity index is 3.01. The summed E-state index contributed by atoms with van der Waals surface area (Å²) in [6.45, 7) is 2.87. The van der Waals surface area contributed by atoms with Crippen molar-refractivity contribution in [2.24, 2.45) is 5.14 Å². The van der Waals surface area contributed by atoms with E-state index in [1.54, 1.807) is 13.0 Å². The van der Waals surface area contributed by atoms with Gasteiger partial charge in [-0.05, 0) is 44.6 Å². The number of nitrogens with one attached hydrogen (secondary N) is 2. The van der Waals surface area contributed by atoms with Gasteiger partial charge in [-0.2, -0.15) is 0 Å². The third kappa shape index (κ3) is 4.55. The summed E-state index contributed by atoms with van der Waals surface area (Å²) in [7, 11) is -2.03. The summed E-state index contributed by atoms with van der Waals surface area (Å²) in [5, 5.41) is 10.9. The van der Waals surface area contributed by atoms with Crippen molar-refractivity contribution in [3.8, 4) is 0 Å². The number of carbonyl (C=O) groups is 1. The quantitative estimate of drug-likeness (QED) is 0.648. The molecular formula is C12H18BrN3O3S. The molecule has 4 N–H and O–H groups in total. The summed E-state index contributed by atoms with van der Waals surface area (Å²) in [5.74, 6) is -0.315. The number of rotatable bonds is 6. The molecule has 1 rings (SSSR count). The summed E-state index contributed by atoms with van der Waals surface area (Å²) >= 11 is 3.19. The molecule has 8 heteroatoms. The first-order valence-corrected chi connectivity index (χ1v) is 8.37. The molecule has 20 heavy (non-hydrogen) atoms. The first kappa shape index (κ1) is 17.1. The fraction of sp³-hybridized carbons (Fsp3) is 0.417. The number of nitrogens with two attached hydrogens (primary N) is 1. The molecule has 0 atom stereocenters. The molecule has 6 nitrogen and oxygen atoms in total. The van der Waals surface area contributed by atoms with E-state index in [-0.39, 0.29) is 10.8 Å². The van der Waals surface area contributed by atoms with E-state index in [9.17, 15) is 13.2 Å². The molecular weight excluding hydrogens is 346 g/mol. The molecule has 0 spiro atoms. The SMILES string of the molecule is CNCCCNC(=O)c1cc(Br)cc(S(N)(=O)=O)c1C. The molecule has 0 unspecified atom stereocenters. The Kier molecular flexibility index (Phi) is 6.12. The molecule has 1 aromatic carbocycles. The average molecular weight is 364 g/mol. The van der Waals surface area contributed by atoms with Gasteiger partial charge in [-0.1, -0.05) is 15.9 Å². The van der Waals surface area contributed by atoms with Crippen LogP contribution in [-0.2, 0) is 10.0 Å². The zero-order valence-corrected chi connectivity index (χ0v) is 13.8. The van der Waals surface area contributed by atoms with Gasteiger partial charge in [-0.3, -0.25) is 4.79 Å². The van der Waals surface area contributed by atoms with Crippen LogP contribution >= 0.6 is 15.9 Å². The Bertz CT molecular complexity index is 602. The van der Waals surface area contributed by atoms with Crippen LogP contribution in [0.5, 0.6) is 0 Å². The standard InChI is InChI=1S/C12H18BrN3O3S/c1-8-10(12(17)16-5-3-4-15-2)6-9(13)7-11(8)20(14,18)19/h6-7,15H,3-5H2,1-2H3,(H,16,17)(H2,14,18,19). The maximum atomic E-state index is 12.1. The number of amides is 1. The van der Waals surface area contributed by atoms with Crippen molar-refractivity contribution >= 4 is 31.9 Å². The van der Waals surface area contributed by atoms with Crippen LogP contribution in [0.4, 0.5) is 0 Å². The second-order valence-corrected chi connectivity index (χ2v) is 6.78. The van der Waals surface area contributed by atoms with Gasteiger partial charge in [0.15, 0.2) is 0 Å². The van der Waals surface area contributed by atoms with Crippen molar-refractivity contribution in [3.63, 3.8) is 0 Å². The number of primary sulfonamides is 1. The number of sulfonamides is 1. The summed E-state index contributed by atoms with van der Waals surface area (Å²) < 4.78 is 23.5. The van der Waals surface area contributed by atoms with Gasteiger partial charge in [0, 0.05) is 16.6 Å². The highest BCUT2D eigenvalue weighted by Gasteiger charge is 2.19. The van der Waals surface area contributed by atoms with E-state index in [1.165, 1.54) is 6.07 Å². The minimum Gasteiger partial charge on any atom is -0.352 e. The van der Waals surface area contributed by atoms with Gasteiger partial charge in [-0.25, -0.2) is 13.6 Å². The van der Waals surface area contributed by atoms with Crippen molar-refractivity contribution in [3.05, 3.63) is 27.7 Å². The van der Waals surface area contributed by atoms with E-state index in [0.717, 1.165) is 13.0 Å². The van der Waals surface area contributed by atoms with Gasteiger partial charge in [0.2, 0.25) is 10.0 Å². The van der Waals surface area contributed by atoms with Crippen molar-refractivity contribution in [1.82, 2.24) is 10.6 Å². The lowest BCUT2D eigenvalue weighted by Crippen LogP contribution is -2.28.